The molecule has 1 aliphatic rings. The molecular formula is C16H24N2O3S. The van der Waals surface area contributed by atoms with Crippen LogP contribution in [0.4, 0.5) is 0 Å². The van der Waals surface area contributed by atoms with E-state index in [4.69, 9.17) is 0 Å². The maximum absolute atomic E-state index is 13.0. The van der Waals surface area contributed by atoms with Crippen molar-refractivity contribution < 1.29 is 13.2 Å². The Morgan fingerprint density at radius 2 is 1.59 bits per heavy atom. The van der Waals surface area contributed by atoms with Gasteiger partial charge in [0.1, 0.15) is 0 Å². The van der Waals surface area contributed by atoms with Crippen LogP contribution >= 0.6 is 0 Å². The largest absolute Gasteiger partial charge is 0.342 e. The molecule has 0 radical (unpaired) electrons. The zero-order valence-electron chi connectivity index (χ0n) is 13.7. The lowest BCUT2D eigenvalue weighted by Gasteiger charge is -2.23. The third kappa shape index (κ3) is 3.33. The van der Waals surface area contributed by atoms with Crippen molar-refractivity contribution in [2.75, 3.05) is 26.2 Å². The molecule has 22 heavy (non-hydrogen) atoms. The van der Waals surface area contributed by atoms with Crippen LogP contribution in [-0.4, -0.2) is 49.7 Å². The molecule has 122 valence electrons. The summed E-state index contributed by atoms with van der Waals surface area (Å²) in [6.07, 6.45) is 0.669. The Kier molecular flexibility index (Phi) is 4.92. The Hall–Kier alpha value is -1.40. The fourth-order valence-electron chi connectivity index (χ4n) is 3.15. The highest BCUT2D eigenvalue weighted by atomic mass is 32.2. The van der Waals surface area contributed by atoms with Gasteiger partial charge in [0.05, 0.1) is 4.90 Å². The van der Waals surface area contributed by atoms with Gasteiger partial charge in [-0.3, -0.25) is 4.79 Å². The summed E-state index contributed by atoms with van der Waals surface area (Å²) in [5.41, 5.74) is 2.63. The number of carbonyl (C=O) groups is 1. The minimum Gasteiger partial charge on any atom is -0.342 e. The van der Waals surface area contributed by atoms with E-state index in [0.29, 0.717) is 37.5 Å². The van der Waals surface area contributed by atoms with Crippen LogP contribution < -0.4 is 0 Å². The normalized spacial score (nSPS) is 17.4. The van der Waals surface area contributed by atoms with Gasteiger partial charge < -0.3 is 4.90 Å². The summed E-state index contributed by atoms with van der Waals surface area (Å²) in [6, 6.07) is 3.80. The Labute approximate surface area is 133 Å². The number of nitrogens with zero attached hydrogens (tertiary/aromatic N) is 2. The maximum atomic E-state index is 13.0. The molecule has 0 unspecified atom stereocenters. The zero-order valence-corrected chi connectivity index (χ0v) is 14.5. The van der Waals surface area contributed by atoms with Crippen LogP contribution in [-0.2, 0) is 14.8 Å². The molecule has 1 aromatic carbocycles. The fraction of sp³-hybridized carbons (Fsp3) is 0.562. The van der Waals surface area contributed by atoms with E-state index in [2.05, 4.69) is 0 Å². The number of hydrogen-bond donors (Lipinski definition) is 0. The van der Waals surface area contributed by atoms with Gasteiger partial charge >= 0.3 is 0 Å². The SMILES string of the molecule is CC(=O)N1CCCN(S(=O)(=O)c2c(C)cc(C)cc2C)CC1. The molecule has 1 saturated heterocycles. The van der Waals surface area contributed by atoms with Gasteiger partial charge in [-0.15, -0.1) is 0 Å². The van der Waals surface area contributed by atoms with Crippen LogP contribution in [0.15, 0.2) is 17.0 Å². The number of hydrogen-bond acceptors (Lipinski definition) is 3. The summed E-state index contributed by atoms with van der Waals surface area (Å²) >= 11 is 0. The number of aryl methyl sites for hydroxylation is 3. The van der Waals surface area contributed by atoms with E-state index in [1.807, 2.05) is 32.9 Å². The van der Waals surface area contributed by atoms with E-state index in [-0.39, 0.29) is 5.91 Å². The van der Waals surface area contributed by atoms with Crippen LogP contribution in [0.2, 0.25) is 0 Å². The molecule has 1 aliphatic heterocycles. The van der Waals surface area contributed by atoms with Gasteiger partial charge in [-0.2, -0.15) is 4.31 Å². The van der Waals surface area contributed by atoms with E-state index >= 15 is 0 Å². The van der Waals surface area contributed by atoms with Crippen molar-refractivity contribution in [3.05, 3.63) is 28.8 Å². The first-order chi connectivity index (χ1) is 10.2. The molecule has 0 N–H and O–H groups in total. The molecule has 0 atom stereocenters. The lowest BCUT2D eigenvalue weighted by Crippen LogP contribution is -2.37. The predicted molar refractivity (Wildman–Crippen MR) is 86.3 cm³/mol. The fourth-order valence-corrected chi connectivity index (χ4v) is 5.03. The highest BCUT2D eigenvalue weighted by Crippen LogP contribution is 2.26. The van der Waals surface area contributed by atoms with Crippen molar-refractivity contribution in [3.63, 3.8) is 0 Å². The molecule has 6 heteroatoms. The van der Waals surface area contributed by atoms with Crippen molar-refractivity contribution in [2.45, 2.75) is 39.0 Å². The highest BCUT2D eigenvalue weighted by Gasteiger charge is 2.29. The van der Waals surface area contributed by atoms with E-state index in [1.54, 1.807) is 4.90 Å². The van der Waals surface area contributed by atoms with E-state index in [0.717, 1.165) is 16.7 Å². The molecule has 0 aromatic heterocycles. The van der Waals surface area contributed by atoms with Crippen LogP contribution in [0.5, 0.6) is 0 Å². The van der Waals surface area contributed by atoms with Crippen molar-refractivity contribution in [1.29, 1.82) is 0 Å². The van der Waals surface area contributed by atoms with Crippen molar-refractivity contribution in [1.82, 2.24) is 9.21 Å². The molecule has 2 rings (SSSR count). The summed E-state index contributed by atoms with van der Waals surface area (Å²) < 4.78 is 27.5. The van der Waals surface area contributed by atoms with Crippen LogP contribution in [0.25, 0.3) is 0 Å². The van der Waals surface area contributed by atoms with Gasteiger partial charge in [-0.25, -0.2) is 8.42 Å². The van der Waals surface area contributed by atoms with Crippen LogP contribution in [0.1, 0.15) is 30.0 Å². The second-order valence-electron chi connectivity index (χ2n) is 5.99. The van der Waals surface area contributed by atoms with Crippen molar-refractivity contribution in [3.8, 4) is 0 Å². The molecule has 0 aliphatic carbocycles. The first kappa shape index (κ1) is 17.0. The first-order valence-corrected chi connectivity index (χ1v) is 9.01. The van der Waals surface area contributed by atoms with Crippen LogP contribution in [0.3, 0.4) is 0 Å². The molecule has 0 spiro atoms. The Balaban J connectivity index is 2.33. The molecule has 0 saturated carbocycles. The maximum Gasteiger partial charge on any atom is 0.243 e. The lowest BCUT2D eigenvalue weighted by molar-refractivity contribution is -0.128. The average molecular weight is 324 g/mol. The third-order valence-electron chi connectivity index (χ3n) is 4.10. The smallest absolute Gasteiger partial charge is 0.243 e. The van der Waals surface area contributed by atoms with Gasteiger partial charge in [0.15, 0.2) is 0 Å². The topological polar surface area (TPSA) is 57.7 Å². The van der Waals surface area contributed by atoms with Gasteiger partial charge in [0.2, 0.25) is 15.9 Å². The standard InChI is InChI=1S/C16H24N2O3S/c1-12-10-13(2)16(14(3)11-12)22(20,21)18-7-5-6-17(8-9-18)15(4)19/h10-11H,5-9H2,1-4H3. The van der Waals surface area contributed by atoms with Gasteiger partial charge in [0.25, 0.3) is 0 Å². The minimum atomic E-state index is -3.52. The van der Waals surface area contributed by atoms with Crippen molar-refractivity contribution in [2.24, 2.45) is 0 Å². The lowest BCUT2D eigenvalue weighted by atomic mass is 10.1. The molecule has 1 amide bonds. The van der Waals surface area contributed by atoms with Crippen molar-refractivity contribution >= 4 is 15.9 Å². The number of benzene rings is 1. The monoisotopic (exact) mass is 324 g/mol. The number of carbonyl (C=O) groups excluding carboxylic acids is 1. The summed E-state index contributed by atoms with van der Waals surface area (Å²) in [5, 5.41) is 0. The van der Waals surface area contributed by atoms with Gasteiger partial charge in [0, 0.05) is 33.1 Å². The summed E-state index contributed by atoms with van der Waals surface area (Å²) in [5.74, 6) is 0.00180. The second-order valence-corrected chi connectivity index (χ2v) is 7.87. The van der Waals surface area contributed by atoms with E-state index < -0.39 is 10.0 Å². The van der Waals surface area contributed by atoms with Crippen LogP contribution in [0, 0.1) is 20.8 Å². The third-order valence-corrected chi connectivity index (χ3v) is 6.31. The number of amides is 1. The Morgan fingerprint density at radius 3 is 2.14 bits per heavy atom. The molecule has 5 nitrogen and oxygen atoms in total. The second kappa shape index (κ2) is 6.38. The minimum absolute atomic E-state index is 0.00180. The summed E-state index contributed by atoms with van der Waals surface area (Å²) in [7, 11) is -3.52. The zero-order chi connectivity index (χ0) is 16.5. The van der Waals surface area contributed by atoms with E-state index in [1.165, 1.54) is 11.2 Å². The first-order valence-electron chi connectivity index (χ1n) is 7.57. The molecule has 0 bridgehead atoms. The summed E-state index contributed by atoms with van der Waals surface area (Å²) in [4.78, 5) is 13.6. The molecule has 1 aromatic rings. The Morgan fingerprint density at radius 1 is 1.00 bits per heavy atom. The van der Waals surface area contributed by atoms with Gasteiger partial charge in [-0.05, 0) is 38.3 Å². The summed E-state index contributed by atoms with van der Waals surface area (Å²) in [6.45, 7) is 9.06. The van der Waals surface area contributed by atoms with E-state index in [9.17, 15) is 13.2 Å². The number of rotatable bonds is 2. The quantitative estimate of drug-likeness (QED) is 0.834. The Bertz CT molecular complexity index is 660. The average Bonchev–Trinajstić information content (AvgIpc) is 2.62. The molecular weight excluding hydrogens is 300 g/mol. The highest BCUT2D eigenvalue weighted by molar-refractivity contribution is 7.89. The molecule has 1 fully saturated rings. The number of sulfonamides is 1. The van der Waals surface area contributed by atoms with Gasteiger partial charge in [-0.1, -0.05) is 17.7 Å². The predicted octanol–water partition coefficient (Wildman–Crippen LogP) is 1.85. The molecule has 1 heterocycles.